The molecule has 0 atom stereocenters. The van der Waals surface area contributed by atoms with Crippen LogP contribution in [0.4, 0.5) is 0 Å². The van der Waals surface area contributed by atoms with Gasteiger partial charge in [0, 0.05) is 4.88 Å². The van der Waals surface area contributed by atoms with Gasteiger partial charge in [0.15, 0.2) is 0 Å². The maximum atomic E-state index is 12.3. The summed E-state index contributed by atoms with van der Waals surface area (Å²) in [6.07, 6.45) is 3.78. The summed E-state index contributed by atoms with van der Waals surface area (Å²) >= 11 is 1.50. The van der Waals surface area contributed by atoms with Gasteiger partial charge in [0.25, 0.3) is 5.91 Å². The third-order valence-corrected chi connectivity index (χ3v) is 5.32. The lowest BCUT2D eigenvalue weighted by molar-refractivity contribution is -0.142. The van der Waals surface area contributed by atoms with Gasteiger partial charge in [-0.15, -0.1) is 11.3 Å². The first-order chi connectivity index (χ1) is 11.7. The van der Waals surface area contributed by atoms with Gasteiger partial charge in [0.1, 0.15) is 6.54 Å². The number of aryl methyl sites for hydroxylation is 2. The minimum atomic E-state index is -0.386. The number of unbranched alkanes of at least 4 members (excludes halogenated alkanes) is 1. The Balaban J connectivity index is 1.64. The molecule has 5 heteroatoms. The third kappa shape index (κ3) is 3.67. The van der Waals surface area contributed by atoms with Gasteiger partial charge in [-0.1, -0.05) is 37.6 Å². The molecule has 1 aliphatic rings. The molecule has 4 nitrogen and oxygen atoms in total. The molecule has 0 fully saturated rings. The van der Waals surface area contributed by atoms with Crippen LogP contribution in [0.5, 0.6) is 0 Å². The topological polar surface area (TPSA) is 55.4 Å². The third-order valence-electron chi connectivity index (χ3n) is 4.11. The first-order valence-electron chi connectivity index (χ1n) is 8.34. The van der Waals surface area contributed by atoms with Crippen LogP contribution in [0.1, 0.15) is 40.6 Å². The average Bonchev–Trinajstić information content (AvgIpc) is 3.05. The minimum Gasteiger partial charge on any atom is -0.464 e. The van der Waals surface area contributed by atoms with Crippen molar-refractivity contribution < 1.29 is 14.3 Å². The predicted molar refractivity (Wildman–Crippen MR) is 95.4 cm³/mol. The number of carbonyl (C=O) groups is 2. The van der Waals surface area contributed by atoms with Crippen molar-refractivity contribution in [2.45, 2.75) is 32.6 Å². The van der Waals surface area contributed by atoms with Gasteiger partial charge in [-0.2, -0.15) is 0 Å². The second kappa shape index (κ2) is 7.62. The molecule has 0 unspecified atom stereocenters. The van der Waals surface area contributed by atoms with Crippen LogP contribution in [-0.4, -0.2) is 25.0 Å². The van der Waals surface area contributed by atoms with Gasteiger partial charge in [-0.25, -0.2) is 0 Å². The van der Waals surface area contributed by atoms with Gasteiger partial charge >= 0.3 is 5.97 Å². The maximum Gasteiger partial charge on any atom is 0.325 e. The SMILES string of the molecule is CCCCOC(=O)CNC(=O)c1cc2c(s1)-c1ccccc1CC2. The number of nitrogens with one attached hydrogen (secondary N) is 1. The lowest BCUT2D eigenvalue weighted by atomic mass is 9.91. The molecule has 126 valence electrons. The number of amides is 1. The molecule has 2 aromatic rings. The molecule has 3 rings (SSSR count). The van der Waals surface area contributed by atoms with Crippen LogP contribution in [0.25, 0.3) is 10.4 Å². The highest BCUT2D eigenvalue weighted by Gasteiger charge is 2.21. The van der Waals surface area contributed by atoms with E-state index in [0.29, 0.717) is 11.5 Å². The van der Waals surface area contributed by atoms with E-state index in [9.17, 15) is 9.59 Å². The maximum absolute atomic E-state index is 12.3. The Hall–Kier alpha value is -2.14. The quantitative estimate of drug-likeness (QED) is 0.644. The van der Waals surface area contributed by atoms with Crippen molar-refractivity contribution >= 4 is 23.2 Å². The lowest BCUT2D eigenvalue weighted by Crippen LogP contribution is -2.30. The molecule has 0 saturated heterocycles. The summed E-state index contributed by atoms with van der Waals surface area (Å²) in [5.74, 6) is -0.595. The van der Waals surface area contributed by atoms with Crippen LogP contribution >= 0.6 is 11.3 Å². The normalized spacial score (nSPS) is 12.2. The molecule has 0 saturated carbocycles. The molecule has 1 N–H and O–H groups in total. The molecule has 1 amide bonds. The number of ether oxygens (including phenoxy) is 1. The molecule has 24 heavy (non-hydrogen) atoms. The first-order valence-corrected chi connectivity index (χ1v) is 9.15. The summed E-state index contributed by atoms with van der Waals surface area (Å²) in [6.45, 7) is 2.36. The van der Waals surface area contributed by atoms with E-state index in [1.54, 1.807) is 0 Å². The number of hydrogen-bond acceptors (Lipinski definition) is 4. The highest BCUT2D eigenvalue weighted by atomic mass is 32.1. The number of carbonyl (C=O) groups excluding carboxylic acids is 2. The first kappa shape index (κ1) is 16.7. The Morgan fingerprint density at radius 3 is 2.83 bits per heavy atom. The van der Waals surface area contributed by atoms with E-state index in [1.807, 2.05) is 19.1 Å². The van der Waals surface area contributed by atoms with Crippen molar-refractivity contribution in [3.05, 3.63) is 46.3 Å². The van der Waals surface area contributed by atoms with E-state index in [0.717, 1.165) is 25.7 Å². The highest BCUT2D eigenvalue weighted by molar-refractivity contribution is 7.17. The van der Waals surface area contributed by atoms with E-state index >= 15 is 0 Å². The van der Waals surface area contributed by atoms with Crippen LogP contribution in [0, 0.1) is 0 Å². The van der Waals surface area contributed by atoms with Crippen LogP contribution < -0.4 is 5.32 Å². The number of hydrogen-bond donors (Lipinski definition) is 1. The summed E-state index contributed by atoms with van der Waals surface area (Å²) in [4.78, 5) is 25.7. The second-order valence-electron chi connectivity index (χ2n) is 5.88. The van der Waals surface area contributed by atoms with Gasteiger partial charge in [0.2, 0.25) is 0 Å². The van der Waals surface area contributed by atoms with E-state index in [1.165, 1.54) is 32.9 Å². The summed E-state index contributed by atoms with van der Waals surface area (Å²) in [6, 6.07) is 10.3. The Morgan fingerprint density at radius 2 is 2.00 bits per heavy atom. The van der Waals surface area contributed by atoms with Gasteiger partial charge in [-0.3, -0.25) is 9.59 Å². The van der Waals surface area contributed by atoms with E-state index in [4.69, 9.17) is 4.74 Å². The molecule has 1 aliphatic carbocycles. The van der Waals surface area contributed by atoms with Crippen molar-refractivity contribution in [1.82, 2.24) is 5.32 Å². The smallest absolute Gasteiger partial charge is 0.325 e. The van der Waals surface area contributed by atoms with Crippen molar-refractivity contribution in [2.75, 3.05) is 13.2 Å². The lowest BCUT2D eigenvalue weighted by Gasteiger charge is -2.15. The summed E-state index contributed by atoms with van der Waals surface area (Å²) < 4.78 is 5.05. The van der Waals surface area contributed by atoms with Gasteiger partial charge in [0.05, 0.1) is 11.5 Å². The molecular weight excluding hydrogens is 322 g/mol. The largest absolute Gasteiger partial charge is 0.464 e. The zero-order chi connectivity index (χ0) is 16.9. The van der Waals surface area contributed by atoms with Gasteiger partial charge < -0.3 is 10.1 Å². The molecule has 0 aliphatic heterocycles. The molecule has 1 heterocycles. The van der Waals surface area contributed by atoms with Crippen molar-refractivity contribution in [1.29, 1.82) is 0 Å². The van der Waals surface area contributed by atoms with Crippen LogP contribution in [0.2, 0.25) is 0 Å². The predicted octanol–water partition coefficient (Wildman–Crippen LogP) is 3.59. The highest BCUT2D eigenvalue weighted by Crippen LogP contribution is 2.39. The molecule has 0 bridgehead atoms. The fourth-order valence-corrected chi connectivity index (χ4v) is 3.99. The second-order valence-corrected chi connectivity index (χ2v) is 6.93. The standard InChI is InChI=1S/C19H21NO3S/c1-2-3-10-23-17(21)12-20-19(22)16-11-14-9-8-13-6-4-5-7-15(13)18(14)24-16/h4-7,11H,2-3,8-10,12H2,1H3,(H,20,22). The van der Waals surface area contributed by atoms with Crippen LogP contribution in [0.3, 0.4) is 0 Å². The van der Waals surface area contributed by atoms with E-state index < -0.39 is 0 Å². The minimum absolute atomic E-state index is 0.0816. The molecule has 1 aromatic carbocycles. The Morgan fingerprint density at radius 1 is 1.21 bits per heavy atom. The number of fused-ring (bicyclic) bond motifs is 3. The fourth-order valence-electron chi connectivity index (χ4n) is 2.80. The fraction of sp³-hybridized carbons (Fsp3) is 0.368. The van der Waals surface area contributed by atoms with Crippen LogP contribution in [0.15, 0.2) is 30.3 Å². The molecule has 0 spiro atoms. The van der Waals surface area contributed by atoms with Crippen molar-refractivity contribution in [3.8, 4) is 10.4 Å². The molecule has 0 radical (unpaired) electrons. The van der Waals surface area contributed by atoms with Gasteiger partial charge in [-0.05, 0) is 42.0 Å². The average molecular weight is 343 g/mol. The number of thiophene rings is 1. The number of benzene rings is 1. The summed E-state index contributed by atoms with van der Waals surface area (Å²) in [5, 5.41) is 2.66. The number of rotatable bonds is 6. The Kier molecular flexibility index (Phi) is 5.30. The van der Waals surface area contributed by atoms with Crippen molar-refractivity contribution in [2.24, 2.45) is 0 Å². The summed E-state index contributed by atoms with van der Waals surface area (Å²) in [7, 11) is 0. The monoisotopic (exact) mass is 343 g/mol. The Bertz CT molecular complexity index is 751. The zero-order valence-corrected chi connectivity index (χ0v) is 14.6. The van der Waals surface area contributed by atoms with E-state index in [2.05, 4.69) is 23.5 Å². The Labute approximate surface area is 145 Å². The van der Waals surface area contributed by atoms with Crippen molar-refractivity contribution in [3.63, 3.8) is 0 Å². The molecular formula is C19H21NO3S. The summed E-state index contributed by atoms with van der Waals surface area (Å²) in [5.41, 5.74) is 3.77. The zero-order valence-electron chi connectivity index (χ0n) is 13.8. The van der Waals surface area contributed by atoms with Crippen LogP contribution in [-0.2, 0) is 22.4 Å². The number of esters is 1. The van der Waals surface area contributed by atoms with E-state index in [-0.39, 0.29) is 18.4 Å². The molecule has 1 aromatic heterocycles.